The number of hydrogen-bond donors (Lipinski definition) is 3. The highest BCUT2D eigenvalue weighted by molar-refractivity contribution is 7.89. The van der Waals surface area contributed by atoms with E-state index in [1.54, 1.807) is 30.3 Å². The van der Waals surface area contributed by atoms with Crippen LogP contribution in [0.25, 0.3) is 0 Å². The highest BCUT2D eigenvalue weighted by Crippen LogP contribution is 2.38. The van der Waals surface area contributed by atoms with Gasteiger partial charge in [0.25, 0.3) is 0 Å². The monoisotopic (exact) mass is 452 g/mol. The van der Waals surface area contributed by atoms with Gasteiger partial charge in [-0.25, -0.2) is 8.42 Å². The summed E-state index contributed by atoms with van der Waals surface area (Å²) in [6.45, 7) is -0.0734. The van der Waals surface area contributed by atoms with Crippen molar-refractivity contribution in [3.8, 4) is 17.2 Å². The molecule has 2 aromatic carbocycles. The van der Waals surface area contributed by atoms with Gasteiger partial charge in [0.1, 0.15) is 5.60 Å². The number of rotatable bonds is 9. The Morgan fingerprint density at radius 1 is 1.10 bits per heavy atom. The number of nitrogens with one attached hydrogen (secondary N) is 1. The van der Waals surface area contributed by atoms with E-state index in [4.69, 9.17) is 14.2 Å². The fourth-order valence-electron chi connectivity index (χ4n) is 3.60. The van der Waals surface area contributed by atoms with Crippen LogP contribution >= 0.6 is 0 Å². The Bertz CT molecular complexity index is 975. The summed E-state index contributed by atoms with van der Waals surface area (Å²) in [5.74, 6) is 1.47. The third kappa shape index (κ3) is 4.78. The molecule has 1 aliphatic heterocycles. The zero-order valence-electron chi connectivity index (χ0n) is 17.7. The molecule has 0 radical (unpaired) electrons. The Morgan fingerprint density at radius 3 is 2.26 bits per heavy atom. The van der Waals surface area contributed by atoms with Gasteiger partial charge in [-0.2, -0.15) is 4.31 Å². The van der Waals surface area contributed by atoms with Crippen LogP contribution in [0.4, 0.5) is 0 Å². The Kier molecular flexibility index (Phi) is 7.07. The first-order valence-electron chi connectivity index (χ1n) is 9.70. The molecule has 0 amide bonds. The smallest absolute Gasteiger partial charge is 0.243 e. The molecule has 3 rings (SSSR count). The lowest BCUT2D eigenvalue weighted by atomic mass is 10.0. The van der Waals surface area contributed by atoms with Crippen LogP contribution in [0.3, 0.4) is 0 Å². The molecule has 9 nitrogen and oxygen atoms in total. The minimum absolute atomic E-state index is 0.00830. The van der Waals surface area contributed by atoms with E-state index in [1.165, 1.54) is 33.5 Å². The number of β-amino-alcohol motifs (C(OH)–C–C–N with tert-alkyl or cyclic N) is 2. The van der Waals surface area contributed by atoms with Crippen molar-refractivity contribution < 1.29 is 32.8 Å². The predicted molar refractivity (Wildman–Crippen MR) is 114 cm³/mol. The number of nitrogens with zero attached hydrogens (tertiary/aromatic N) is 1. The maximum absolute atomic E-state index is 12.8. The number of methoxy groups -OCH3 is 3. The summed E-state index contributed by atoms with van der Waals surface area (Å²) in [5.41, 5.74) is -0.818. The van der Waals surface area contributed by atoms with Crippen LogP contribution in [-0.4, -0.2) is 75.6 Å². The fourth-order valence-corrected chi connectivity index (χ4v) is 5.13. The molecule has 10 heteroatoms. The van der Waals surface area contributed by atoms with Crippen LogP contribution in [0.2, 0.25) is 0 Å². The summed E-state index contributed by atoms with van der Waals surface area (Å²) < 4.78 is 42.7. The van der Waals surface area contributed by atoms with Gasteiger partial charge in [0, 0.05) is 26.2 Å². The van der Waals surface area contributed by atoms with E-state index in [0.717, 1.165) is 9.87 Å². The van der Waals surface area contributed by atoms with Crippen molar-refractivity contribution in [2.75, 3.05) is 41.0 Å². The van der Waals surface area contributed by atoms with Crippen molar-refractivity contribution in [3.05, 3.63) is 48.0 Å². The molecule has 2 aromatic rings. The van der Waals surface area contributed by atoms with Gasteiger partial charge in [0.2, 0.25) is 15.8 Å². The average molecular weight is 453 g/mol. The van der Waals surface area contributed by atoms with Gasteiger partial charge in [-0.15, -0.1) is 0 Å². The van der Waals surface area contributed by atoms with Crippen LogP contribution in [0.5, 0.6) is 17.2 Å². The molecule has 3 N–H and O–H groups in total. The molecule has 1 saturated heterocycles. The molecule has 0 aromatic heterocycles. The molecule has 0 saturated carbocycles. The SMILES string of the molecule is COc1cc(CNC[C@]2(O)CN(S(=O)(=O)c3ccccc3)C[C@H]2O)cc(OC)c1OC. The molecular formula is C21H28N2O7S. The van der Waals surface area contributed by atoms with Crippen LogP contribution in [0, 0.1) is 0 Å². The largest absolute Gasteiger partial charge is 0.493 e. The van der Waals surface area contributed by atoms with E-state index in [1.807, 2.05) is 0 Å². The lowest BCUT2D eigenvalue weighted by Gasteiger charge is -2.26. The fraction of sp³-hybridized carbons (Fsp3) is 0.429. The normalized spacial score (nSPS) is 21.8. The highest BCUT2D eigenvalue weighted by Gasteiger charge is 2.48. The molecule has 0 aliphatic carbocycles. The first kappa shape index (κ1) is 23.3. The number of aliphatic hydroxyl groups excluding tert-OH is 1. The lowest BCUT2D eigenvalue weighted by molar-refractivity contribution is -0.0384. The van der Waals surface area contributed by atoms with Crippen molar-refractivity contribution >= 4 is 10.0 Å². The summed E-state index contributed by atoms with van der Waals surface area (Å²) in [4.78, 5) is 0.122. The Labute approximate surface area is 182 Å². The van der Waals surface area contributed by atoms with Crippen LogP contribution < -0.4 is 19.5 Å². The van der Waals surface area contributed by atoms with Gasteiger partial charge in [-0.3, -0.25) is 0 Å². The molecule has 31 heavy (non-hydrogen) atoms. The van der Waals surface area contributed by atoms with E-state index in [9.17, 15) is 18.6 Å². The minimum atomic E-state index is -3.81. The number of sulfonamides is 1. The quantitative estimate of drug-likeness (QED) is 0.506. The summed E-state index contributed by atoms with van der Waals surface area (Å²) >= 11 is 0. The van der Waals surface area contributed by atoms with E-state index < -0.39 is 21.7 Å². The van der Waals surface area contributed by atoms with Crippen LogP contribution in [-0.2, 0) is 16.6 Å². The van der Waals surface area contributed by atoms with Crippen molar-refractivity contribution in [2.24, 2.45) is 0 Å². The van der Waals surface area contributed by atoms with Gasteiger partial charge in [-0.05, 0) is 29.8 Å². The summed E-state index contributed by atoms with van der Waals surface area (Å²) in [7, 11) is 0.755. The Morgan fingerprint density at radius 2 is 1.71 bits per heavy atom. The minimum Gasteiger partial charge on any atom is -0.493 e. The van der Waals surface area contributed by atoms with E-state index in [0.29, 0.717) is 23.8 Å². The van der Waals surface area contributed by atoms with Gasteiger partial charge in [-0.1, -0.05) is 18.2 Å². The third-order valence-electron chi connectivity index (χ3n) is 5.31. The second-order valence-electron chi connectivity index (χ2n) is 7.37. The average Bonchev–Trinajstić information content (AvgIpc) is 3.08. The summed E-state index contributed by atoms with van der Waals surface area (Å²) in [6, 6.07) is 11.5. The number of aliphatic hydroxyl groups is 2. The van der Waals surface area contributed by atoms with Crippen molar-refractivity contribution in [1.29, 1.82) is 0 Å². The molecule has 0 spiro atoms. The van der Waals surface area contributed by atoms with Crippen molar-refractivity contribution in [2.45, 2.75) is 23.1 Å². The Hall–Kier alpha value is -2.37. The molecule has 0 bridgehead atoms. The summed E-state index contributed by atoms with van der Waals surface area (Å²) in [5, 5.41) is 24.4. The van der Waals surface area contributed by atoms with Gasteiger partial charge in [0.15, 0.2) is 11.5 Å². The molecule has 1 heterocycles. The number of ether oxygens (including phenoxy) is 3. The Balaban J connectivity index is 1.68. The van der Waals surface area contributed by atoms with Gasteiger partial charge >= 0.3 is 0 Å². The highest BCUT2D eigenvalue weighted by atomic mass is 32.2. The molecule has 170 valence electrons. The first-order valence-corrected chi connectivity index (χ1v) is 11.1. The van der Waals surface area contributed by atoms with Gasteiger partial charge < -0.3 is 29.7 Å². The van der Waals surface area contributed by atoms with Crippen LogP contribution in [0.1, 0.15) is 5.56 Å². The van der Waals surface area contributed by atoms with E-state index in [-0.39, 0.29) is 24.5 Å². The molecule has 1 aliphatic rings. The summed E-state index contributed by atoms with van der Waals surface area (Å²) in [6.07, 6.45) is -1.22. The van der Waals surface area contributed by atoms with E-state index >= 15 is 0 Å². The maximum Gasteiger partial charge on any atom is 0.243 e. The second-order valence-corrected chi connectivity index (χ2v) is 9.31. The zero-order chi connectivity index (χ0) is 22.6. The topological polar surface area (TPSA) is 118 Å². The molecular weight excluding hydrogens is 424 g/mol. The second kappa shape index (κ2) is 9.41. The maximum atomic E-state index is 12.8. The predicted octanol–water partition coefficient (Wildman–Crippen LogP) is 0.598. The molecule has 0 unspecified atom stereocenters. The first-order chi connectivity index (χ1) is 14.7. The number of benzene rings is 2. The molecule has 1 fully saturated rings. The van der Waals surface area contributed by atoms with E-state index in [2.05, 4.69) is 5.32 Å². The van der Waals surface area contributed by atoms with Crippen LogP contribution in [0.15, 0.2) is 47.4 Å². The van der Waals surface area contributed by atoms with Crippen molar-refractivity contribution in [1.82, 2.24) is 9.62 Å². The van der Waals surface area contributed by atoms with Gasteiger partial charge in [0.05, 0.1) is 32.3 Å². The number of hydrogen-bond acceptors (Lipinski definition) is 8. The zero-order valence-corrected chi connectivity index (χ0v) is 18.6. The third-order valence-corrected chi connectivity index (χ3v) is 7.14. The lowest BCUT2D eigenvalue weighted by Crippen LogP contribution is -2.50. The standard InChI is InChI=1S/C21H28N2O7S/c1-28-17-9-15(10-18(29-2)20(17)30-3)11-22-13-21(25)14-23(12-19(21)24)31(26,27)16-7-5-4-6-8-16/h4-10,19,22,24-25H,11-14H2,1-3H3/t19-,21+/m1/s1. The molecule has 2 atom stereocenters. The van der Waals surface area contributed by atoms with Crippen molar-refractivity contribution in [3.63, 3.8) is 0 Å².